The van der Waals surface area contributed by atoms with Crippen LogP contribution in [0.15, 0.2) is 180 Å². The molecule has 1 heterocycles. The topological polar surface area (TPSA) is 16.4 Å². The maximum Gasteiger partial charge on any atom is 0.143 e. The van der Waals surface area contributed by atoms with Crippen molar-refractivity contribution >= 4 is 39.0 Å². The monoisotopic (exact) mass is 719 g/mol. The quantitative estimate of drug-likeness (QED) is 0.176. The SMILES string of the molecule is CC1(C)c2ccccc2-c2cc(-c3ccc(N(c4ccc(-c5cccc6c5oc5ccccc56)cc4)c4cccc5c4-c4ccccc4C5(C)C)cc3)ccc21. The van der Waals surface area contributed by atoms with Gasteiger partial charge >= 0.3 is 0 Å². The fourth-order valence-electron chi connectivity index (χ4n) is 9.82. The van der Waals surface area contributed by atoms with Gasteiger partial charge in [-0.2, -0.15) is 0 Å². The summed E-state index contributed by atoms with van der Waals surface area (Å²) in [7, 11) is 0. The summed E-state index contributed by atoms with van der Waals surface area (Å²) >= 11 is 0. The molecule has 9 aromatic rings. The molecule has 268 valence electrons. The van der Waals surface area contributed by atoms with Gasteiger partial charge in [0.05, 0.1) is 5.69 Å². The van der Waals surface area contributed by atoms with Gasteiger partial charge in [0.1, 0.15) is 11.2 Å². The van der Waals surface area contributed by atoms with Crippen LogP contribution in [-0.4, -0.2) is 0 Å². The molecule has 0 bridgehead atoms. The molecule has 0 amide bonds. The van der Waals surface area contributed by atoms with Crippen molar-refractivity contribution in [1.29, 1.82) is 0 Å². The molecule has 2 heteroatoms. The van der Waals surface area contributed by atoms with Crippen molar-refractivity contribution < 1.29 is 4.42 Å². The predicted octanol–water partition coefficient (Wildman–Crippen LogP) is 15.0. The third-order valence-electron chi connectivity index (χ3n) is 12.7. The van der Waals surface area contributed by atoms with E-state index in [4.69, 9.17) is 4.42 Å². The average Bonchev–Trinajstić information content (AvgIpc) is 3.82. The van der Waals surface area contributed by atoms with Crippen molar-refractivity contribution in [1.82, 2.24) is 0 Å². The van der Waals surface area contributed by atoms with Gasteiger partial charge in [0.15, 0.2) is 0 Å². The third-order valence-corrected chi connectivity index (χ3v) is 12.7. The summed E-state index contributed by atoms with van der Waals surface area (Å²) in [6.07, 6.45) is 0. The van der Waals surface area contributed by atoms with E-state index in [9.17, 15) is 0 Å². The Morgan fingerprint density at radius 2 is 0.929 bits per heavy atom. The van der Waals surface area contributed by atoms with E-state index in [0.717, 1.165) is 44.4 Å². The number of benzene rings is 8. The van der Waals surface area contributed by atoms with Gasteiger partial charge in [-0.05, 0) is 98.1 Å². The summed E-state index contributed by atoms with van der Waals surface area (Å²) in [6.45, 7) is 9.38. The van der Waals surface area contributed by atoms with Crippen LogP contribution in [-0.2, 0) is 10.8 Å². The van der Waals surface area contributed by atoms with Crippen LogP contribution < -0.4 is 4.90 Å². The zero-order chi connectivity index (χ0) is 37.8. The first-order valence-electron chi connectivity index (χ1n) is 19.7. The van der Waals surface area contributed by atoms with Gasteiger partial charge in [0, 0.05) is 44.1 Å². The largest absolute Gasteiger partial charge is 0.455 e. The van der Waals surface area contributed by atoms with Crippen LogP contribution in [0.4, 0.5) is 17.1 Å². The Morgan fingerprint density at radius 3 is 1.70 bits per heavy atom. The van der Waals surface area contributed by atoms with Crippen LogP contribution in [0, 0.1) is 0 Å². The summed E-state index contributed by atoms with van der Waals surface area (Å²) in [5, 5.41) is 2.28. The second kappa shape index (κ2) is 11.9. The molecule has 8 aromatic carbocycles. The maximum atomic E-state index is 6.45. The second-order valence-electron chi connectivity index (χ2n) is 16.5. The van der Waals surface area contributed by atoms with E-state index in [1.165, 1.54) is 61.3 Å². The Bertz CT molecular complexity index is 3010. The number of hydrogen-bond donors (Lipinski definition) is 0. The number of hydrogen-bond acceptors (Lipinski definition) is 2. The Balaban J connectivity index is 1.04. The van der Waals surface area contributed by atoms with Crippen molar-refractivity contribution in [2.24, 2.45) is 0 Å². The van der Waals surface area contributed by atoms with Gasteiger partial charge in [-0.1, -0.05) is 161 Å². The van der Waals surface area contributed by atoms with Crippen LogP contribution in [0.1, 0.15) is 49.9 Å². The minimum atomic E-state index is -0.104. The summed E-state index contributed by atoms with van der Waals surface area (Å²) < 4.78 is 6.45. The lowest BCUT2D eigenvalue weighted by atomic mass is 9.82. The minimum Gasteiger partial charge on any atom is -0.455 e. The predicted molar refractivity (Wildman–Crippen MR) is 234 cm³/mol. The summed E-state index contributed by atoms with van der Waals surface area (Å²) in [5.41, 5.74) is 20.6. The molecule has 0 saturated heterocycles. The Labute approximate surface area is 328 Å². The zero-order valence-electron chi connectivity index (χ0n) is 32.1. The molecule has 1 aromatic heterocycles. The number of nitrogens with zero attached hydrogens (tertiary/aromatic N) is 1. The Kier molecular flexibility index (Phi) is 6.98. The van der Waals surface area contributed by atoms with Crippen LogP contribution in [0.3, 0.4) is 0 Å². The minimum absolute atomic E-state index is 0.00787. The zero-order valence-corrected chi connectivity index (χ0v) is 32.1. The lowest BCUT2D eigenvalue weighted by Crippen LogP contribution is -2.16. The van der Waals surface area contributed by atoms with E-state index >= 15 is 0 Å². The van der Waals surface area contributed by atoms with E-state index in [-0.39, 0.29) is 10.8 Å². The van der Waals surface area contributed by atoms with Crippen molar-refractivity contribution in [3.63, 3.8) is 0 Å². The van der Waals surface area contributed by atoms with E-state index in [1.54, 1.807) is 0 Å². The van der Waals surface area contributed by atoms with E-state index in [1.807, 2.05) is 12.1 Å². The number of anilines is 3. The molecule has 0 spiro atoms. The van der Waals surface area contributed by atoms with Gasteiger partial charge in [0.25, 0.3) is 0 Å². The molecule has 2 aliphatic carbocycles. The second-order valence-corrected chi connectivity index (χ2v) is 16.5. The van der Waals surface area contributed by atoms with Crippen molar-refractivity contribution in [2.75, 3.05) is 4.90 Å². The smallest absolute Gasteiger partial charge is 0.143 e. The summed E-state index contributed by atoms with van der Waals surface area (Å²) in [6, 6.07) is 64.5. The molecule has 0 unspecified atom stereocenters. The van der Waals surface area contributed by atoms with Crippen molar-refractivity contribution in [3.05, 3.63) is 198 Å². The van der Waals surface area contributed by atoms with Crippen molar-refractivity contribution in [2.45, 2.75) is 38.5 Å². The standard InChI is InChI=1S/C54H41NO/c1-53(2)45-18-8-5-13-40(45)44-33-36(27-32-47(44)53)34-23-28-37(29-24-34)55(49-21-12-20-48-51(49)43-15-6-9-19-46(43)54(48,3)4)38-30-25-35(26-31-38)39-16-11-17-42-41-14-7-10-22-50(41)56-52(39)42/h5-33H,1-4H3. The normalized spacial score (nSPS) is 14.4. The third kappa shape index (κ3) is 4.69. The molecule has 2 aliphatic rings. The molecule has 0 saturated carbocycles. The van der Waals surface area contributed by atoms with Gasteiger partial charge < -0.3 is 9.32 Å². The van der Waals surface area contributed by atoms with Gasteiger partial charge in [-0.3, -0.25) is 0 Å². The highest BCUT2D eigenvalue weighted by molar-refractivity contribution is 6.09. The first-order chi connectivity index (χ1) is 27.3. The van der Waals surface area contributed by atoms with Gasteiger partial charge in [-0.15, -0.1) is 0 Å². The maximum absolute atomic E-state index is 6.45. The highest BCUT2D eigenvalue weighted by Gasteiger charge is 2.38. The molecule has 56 heavy (non-hydrogen) atoms. The number of furan rings is 1. The number of fused-ring (bicyclic) bond motifs is 9. The first-order valence-corrected chi connectivity index (χ1v) is 19.7. The molecule has 0 N–H and O–H groups in total. The molecule has 2 nitrogen and oxygen atoms in total. The lowest BCUT2D eigenvalue weighted by Gasteiger charge is -2.29. The molecular formula is C54H41NO. The van der Waals surface area contributed by atoms with E-state index in [2.05, 4.69) is 196 Å². The van der Waals surface area contributed by atoms with Crippen LogP contribution in [0.25, 0.3) is 66.4 Å². The highest BCUT2D eigenvalue weighted by Crippen LogP contribution is 2.54. The average molecular weight is 720 g/mol. The molecular weight excluding hydrogens is 679 g/mol. The Morgan fingerprint density at radius 1 is 0.393 bits per heavy atom. The lowest BCUT2D eigenvalue weighted by molar-refractivity contribution is 0.660. The van der Waals surface area contributed by atoms with E-state index < -0.39 is 0 Å². The summed E-state index contributed by atoms with van der Waals surface area (Å²) in [4.78, 5) is 2.44. The number of para-hydroxylation sites is 2. The van der Waals surface area contributed by atoms with E-state index in [0.29, 0.717) is 0 Å². The fourth-order valence-corrected chi connectivity index (χ4v) is 9.82. The highest BCUT2D eigenvalue weighted by atomic mass is 16.3. The molecule has 0 atom stereocenters. The van der Waals surface area contributed by atoms with Crippen LogP contribution in [0.5, 0.6) is 0 Å². The van der Waals surface area contributed by atoms with Crippen LogP contribution >= 0.6 is 0 Å². The van der Waals surface area contributed by atoms with Crippen molar-refractivity contribution in [3.8, 4) is 44.5 Å². The molecule has 0 fully saturated rings. The first kappa shape index (κ1) is 32.8. The number of rotatable bonds is 5. The Hall–Kier alpha value is -6.64. The molecule has 0 aliphatic heterocycles. The summed E-state index contributed by atoms with van der Waals surface area (Å²) in [5.74, 6) is 0. The fraction of sp³-hybridized carbons (Fsp3) is 0.111. The van der Waals surface area contributed by atoms with Gasteiger partial charge in [0.2, 0.25) is 0 Å². The van der Waals surface area contributed by atoms with Gasteiger partial charge in [-0.25, -0.2) is 0 Å². The van der Waals surface area contributed by atoms with Crippen LogP contribution in [0.2, 0.25) is 0 Å². The molecule has 0 radical (unpaired) electrons. The molecule has 11 rings (SSSR count).